The van der Waals surface area contributed by atoms with Gasteiger partial charge in [0.25, 0.3) is 11.5 Å². The maximum atomic E-state index is 13.4. The van der Waals surface area contributed by atoms with Gasteiger partial charge in [0, 0.05) is 38.8 Å². The topological polar surface area (TPSA) is 134 Å². The van der Waals surface area contributed by atoms with E-state index in [4.69, 9.17) is 0 Å². The van der Waals surface area contributed by atoms with Crippen LogP contribution in [0.5, 0.6) is 0 Å². The van der Waals surface area contributed by atoms with E-state index in [1.54, 1.807) is 24.3 Å². The molecule has 0 unspecified atom stereocenters. The number of benzene rings is 1. The second-order valence-electron chi connectivity index (χ2n) is 9.41. The molecule has 1 aliphatic rings. The van der Waals surface area contributed by atoms with Gasteiger partial charge in [0.1, 0.15) is 0 Å². The minimum absolute atomic E-state index is 0.0429. The molecule has 11 heteroatoms. The molecule has 0 aliphatic heterocycles. The third-order valence-electron chi connectivity index (χ3n) is 5.93. The lowest BCUT2D eigenvalue weighted by molar-refractivity contribution is 0.0952. The Balaban J connectivity index is 1.78. The van der Waals surface area contributed by atoms with Crippen LogP contribution in [0.25, 0.3) is 11.0 Å². The second kappa shape index (κ2) is 9.38. The Morgan fingerprint density at radius 2 is 1.91 bits per heavy atom. The zero-order valence-corrected chi connectivity index (χ0v) is 21.0. The van der Waals surface area contributed by atoms with Crippen molar-refractivity contribution in [3.05, 3.63) is 68.0 Å². The first-order valence-electron chi connectivity index (χ1n) is 11.5. The van der Waals surface area contributed by atoms with Crippen molar-refractivity contribution < 1.29 is 13.2 Å². The monoisotopic (exact) mass is 499 g/mol. The Morgan fingerprint density at radius 3 is 2.54 bits per heavy atom. The molecule has 0 saturated heterocycles. The Bertz CT molecular complexity index is 1520. The summed E-state index contributed by atoms with van der Waals surface area (Å²) in [5, 5.41) is 2.80. The maximum absolute atomic E-state index is 13.4. The minimum Gasteiger partial charge on any atom is -0.348 e. The van der Waals surface area contributed by atoms with Crippen LogP contribution in [0.3, 0.4) is 0 Å². The predicted octanol–water partition coefficient (Wildman–Crippen LogP) is 1.80. The summed E-state index contributed by atoms with van der Waals surface area (Å²) in [6, 6.07) is 8.03. The van der Waals surface area contributed by atoms with Crippen molar-refractivity contribution in [3.8, 4) is 0 Å². The van der Waals surface area contributed by atoms with E-state index in [1.807, 2.05) is 13.8 Å². The fourth-order valence-electron chi connectivity index (χ4n) is 3.96. The zero-order chi connectivity index (χ0) is 25.5. The van der Waals surface area contributed by atoms with Gasteiger partial charge in [0.2, 0.25) is 10.0 Å². The van der Waals surface area contributed by atoms with E-state index in [-0.39, 0.29) is 39.9 Å². The van der Waals surface area contributed by atoms with E-state index < -0.39 is 27.2 Å². The molecular formula is C24H29N5O5S. The zero-order valence-electron chi connectivity index (χ0n) is 20.2. The Hall–Kier alpha value is -3.31. The van der Waals surface area contributed by atoms with Crippen molar-refractivity contribution in [2.24, 2.45) is 5.92 Å². The third-order valence-corrected chi connectivity index (χ3v) is 7.84. The van der Waals surface area contributed by atoms with Crippen LogP contribution in [-0.4, -0.2) is 47.3 Å². The summed E-state index contributed by atoms with van der Waals surface area (Å²) >= 11 is 0. The molecule has 2 N–H and O–H groups in total. The highest BCUT2D eigenvalue weighted by Gasteiger charge is 2.29. The molecule has 10 nitrogen and oxygen atoms in total. The number of fused-ring (bicyclic) bond motifs is 1. The third kappa shape index (κ3) is 4.92. The number of rotatable bonds is 8. The summed E-state index contributed by atoms with van der Waals surface area (Å²) in [7, 11) is -0.833. The van der Waals surface area contributed by atoms with Gasteiger partial charge in [-0.2, -0.15) is 0 Å². The van der Waals surface area contributed by atoms with Crippen molar-refractivity contribution in [2.45, 2.75) is 50.6 Å². The number of carbonyl (C=O) groups excluding carboxylic acids is 1. The van der Waals surface area contributed by atoms with Crippen LogP contribution in [-0.2, 0) is 23.1 Å². The SMILES string of the molecule is CC(C)Cn1c(=O)[nH]c(=O)c2c(C(=O)NCc3ccccc3S(=O)(=O)N(C)C)cc(C3CC3)nc21. The molecule has 0 bridgehead atoms. The first-order chi connectivity index (χ1) is 16.5. The Morgan fingerprint density at radius 1 is 1.23 bits per heavy atom. The van der Waals surface area contributed by atoms with Gasteiger partial charge in [-0.25, -0.2) is 22.5 Å². The summed E-state index contributed by atoms with van der Waals surface area (Å²) in [5.41, 5.74) is 0.147. The number of hydrogen-bond acceptors (Lipinski definition) is 6. The van der Waals surface area contributed by atoms with Crippen LogP contribution in [0.15, 0.2) is 44.8 Å². The first-order valence-corrected chi connectivity index (χ1v) is 12.9. The maximum Gasteiger partial charge on any atom is 0.330 e. The Labute approximate surface area is 203 Å². The molecule has 186 valence electrons. The molecule has 1 amide bonds. The number of nitrogens with one attached hydrogen (secondary N) is 2. The number of pyridine rings is 1. The van der Waals surface area contributed by atoms with E-state index in [1.165, 1.54) is 24.7 Å². The molecule has 1 fully saturated rings. The van der Waals surface area contributed by atoms with Crippen molar-refractivity contribution in [2.75, 3.05) is 14.1 Å². The number of amides is 1. The smallest absolute Gasteiger partial charge is 0.330 e. The van der Waals surface area contributed by atoms with Crippen molar-refractivity contribution in [1.29, 1.82) is 0 Å². The highest BCUT2D eigenvalue weighted by molar-refractivity contribution is 7.89. The lowest BCUT2D eigenvalue weighted by Gasteiger charge is -2.16. The van der Waals surface area contributed by atoms with Gasteiger partial charge in [-0.1, -0.05) is 32.0 Å². The molecule has 4 rings (SSSR count). The van der Waals surface area contributed by atoms with Gasteiger partial charge in [0.15, 0.2) is 5.65 Å². The number of aromatic nitrogens is 3. The number of carbonyl (C=O) groups is 1. The van der Waals surface area contributed by atoms with Crippen LogP contribution in [0.2, 0.25) is 0 Å². The molecule has 35 heavy (non-hydrogen) atoms. The van der Waals surface area contributed by atoms with Crippen molar-refractivity contribution >= 4 is 27.0 Å². The van der Waals surface area contributed by atoms with E-state index in [0.717, 1.165) is 17.1 Å². The van der Waals surface area contributed by atoms with E-state index in [0.29, 0.717) is 17.8 Å². The highest BCUT2D eigenvalue weighted by Crippen LogP contribution is 2.40. The number of hydrogen-bond donors (Lipinski definition) is 2. The molecule has 3 aromatic rings. The highest BCUT2D eigenvalue weighted by atomic mass is 32.2. The molecule has 2 heterocycles. The lowest BCUT2D eigenvalue weighted by Crippen LogP contribution is -2.34. The molecule has 1 aliphatic carbocycles. The molecular weight excluding hydrogens is 470 g/mol. The van der Waals surface area contributed by atoms with Crippen LogP contribution in [0, 0.1) is 5.92 Å². The summed E-state index contributed by atoms with van der Waals surface area (Å²) in [5.74, 6) is -0.254. The molecule has 1 saturated carbocycles. The lowest BCUT2D eigenvalue weighted by atomic mass is 10.1. The van der Waals surface area contributed by atoms with Crippen molar-refractivity contribution in [1.82, 2.24) is 24.2 Å². The average molecular weight is 500 g/mol. The van der Waals surface area contributed by atoms with Gasteiger partial charge in [-0.3, -0.25) is 19.1 Å². The largest absolute Gasteiger partial charge is 0.348 e. The molecule has 2 aromatic heterocycles. The van der Waals surface area contributed by atoms with Gasteiger partial charge >= 0.3 is 5.69 Å². The fraction of sp³-hybridized carbons (Fsp3) is 0.417. The molecule has 1 aromatic carbocycles. The van der Waals surface area contributed by atoms with Gasteiger partial charge in [0.05, 0.1) is 15.8 Å². The standard InChI is InChI=1S/C24H29N5O5S/c1-14(2)13-29-21-20(23(31)27-24(29)32)17(11-18(26-21)15-9-10-15)22(30)25-12-16-7-5-6-8-19(16)35(33,34)28(3)4/h5-8,11,14-15H,9-10,12-13H2,1-4H3,(H,25,30)(H,27,31,32). The minimum atomic E-state index is -3.71. The Kier molecular flexibility index (Phi) is 6.65. The average Bonchev–Trinajstić information content (AvgIpc) is 3.65. The molecule has 0 radical (unpaired) electrons. The van der Waals surface area contributed by atoms with E-state index >= 15 is 0 Å². The first kappa shape index (κ1) is 24.8. The van der Waals surface area contributed by atoms with Crippen LogP contribution < -0.4 is 16.6 Å². The van der Waals surface area contributed by atoms with Crippen LogP contribution in [0.1, 0.15) is 54.2 Å². The number of H-pyrrole nitrogens is 1. The van der Waals surface area contributed by atoms with E-state index in [2.05, 4.69) is 15.3 Å². The summed E-state index contributed by atoms with van der Waals surface area (Å²) in [6.45, 7) is 4.17. The number of sulfonamides is 1. The fourth-order valence-corrected chi connectivity index (χ4v) is 5.08. The van der Waals surface area contributed by atoms with Crippen LogP contribution >= 0.6 is 0 Å². The summed E-state index contributed by atoms with van der Waals surface area (Å²) in [4.78, 5) is 45.8. The van der Waals surface area contributed by atoms with Gasteiger partial charge < -0.3 is 5.32 Å². The second-order valence-corrected chi connectivity index (χ2v) is 11.5. The molecule has 0 spiro atoms. The number of aromatic amines is 1. The number of nitrogens with zero attached hydrogens (tertiary/aromatic N) is 3. The quantitative estimate of drug-likeness (QED) is 0.485. The molecule has 0 atom stereocenters. The van der Waals surface area contributed by atoms with Crippen LogP contribution in [0.4, 0.5) is 0 Å². The normalized spacial score (nSPS) is 14.1. The van der Waals surface area contributed by atoms with Gasteiger partial charge in [-0.05, 0) is 36.5 Å². The van der Waals surface area contributed by atoms with Crippen molar-refractivity contribution in [3.63, 3.8) is 0 Å². The summed E-state index contributed by atoms with van der Waals surface area (Å²) in [6.07, 6.45) is 1.85. The summed E-state index contributed by atoms with van der Waals surface area (Å²) < 4.78 is 27.9. The van der Waals surface area contributed by atoms with E-state index in [9.17, 15) is 22.8 Å². The van der Waals surface area contributed by atoms with Gasteiger partial charge in [-0.15, -0.1) is 0 Å². The predicted molar refractivity (Wildman–Crippen MR) is 132 cm³/mol.